The van der Waals surface area contributed by atoms with Crippen molar-refractivity contribution in [3.05, 3.63) is 28.5 Å². The van der Waals surface area contributed by atoms with Crippen molar-refractivity contribution in [1.29, 1.82) is 0 Å². The highest BCUT2D eigenvalue weighted by Crippen LogP contribution is 2.22. The van der Waals surface area contributed by atoms with Crippen LogP contribution in [-0.2, 0) is 0 Å². The summed E-state index contributed by atoms with van der Waals surface area (Å²) < 4.78 is 0.792. The first-order valence-electron chi connectivity index (χ1n) is 4.22. The molecule has 13 heavy (non-hydrogen) atoms. The minimum Gasteiger partial charge on any atom is -0.396 e. The van der Waals surface area contributed by atoms with Crippen LogP contribution in [0.3, 0.4) is 0 Å². The third-order valence-electron chi connectivity index (χ3n) is 1.86. The van der Waals surface area contributed by atoms with Gasteiger partial charge in [0.05, 0.1) is 0 Å². The minimum absolute atomic E-state index is 0.0461. The Labute approximate surface area is 86.1 Å². The molecule has 0 bridgehead atoms. The van der Waals surface area contributed by atoms with Gasteiger partial charge in [0.2, 0.25) is 0 Å². The van der Waals surface area contributed by atoms with Gasteiger partial charge in [0.15, 0.2) is 0 Å². The number of aliphatic hydroxyl groups is 1. The zero-order valence-corrected chi connectivity index (χ0v) is 8.87. The predicted molar refractivity (Wildman–Crippen MR) is 55.2 cm³/mol. The lowest BCUT2D eigenvalue weighted by Crippen LogP contribution is -2.11. The SMILES string of the molecule is N[C@@H](CCCO)c1cccnc1Br. The molecule has 0 spiro atoms. The van der Waals surface area contributed by atoms with E-state index < -0.39 is 0 Å². The van der Waals surface area contributed by atoms with Crippen LogP contribution in [-0.4, -0.2) is 16.7 Å². The topological polar surface area (TPSA) is 59.1 Å². The first-order chi connectivity index (χ1) is 6.25. The Kier molecular flexibility index (Phi) is 4.35. The number of hydrogen-bond acceptors (Lipinski definition) is 3. The fourth-order valence-corrected chi connectivity index (χ4v) is 1.69. The van der Waals surface area contributed by atoms with Crippen LogP contribution in [0.15, 0.2) is 22.9 Å². The number of pyridine rings is 1. The average molecular weight is 245 g/mol. The van der Waals surface area contributed by atoms with Crippen molar-refractivity contribution in [3.63, 3.8) is 0 Å². The molecule has 0 aromatic carbocycles. The second kappa shape index (κ2) is 5.32. The van der Waals surface area contributed by atoms with Crippen LogP contribution in [0.5, 0.6) is 0 Å². The Bertz CT molecular complexity index is 268. The molecule has 0 fully saturated rings. The maximum Gasteiger partial charge on any atom is 0.110 e. The molecule has 1 aromatic heterocycles. The van der Waals surface area contributed by atoms with Gasteiger partial charge in [-0.3, -0.25) is 0 Å². The molecule has 1 heterocycles. The maximum atomic E-state index is 8.65. The van der Waals surface area contributed by atoms with Gasteiger partial charge < -0.3 is 10.8 Å². The minimum atomic E-state index is -0.0461. The first-order valence-corrected chi connectivity index (χ1v) is 5.02. The van der Waals surface area contributed by atoms with E-state index in [1.807, 2.05) is 12.1 Å². The Morgan fingerprint density at radius 3 is 3.00 bits per heavy atom. The van der Waals surface area contributed by atoms with Crippen molar-refractivity contribution in [3.8, 4) is 0 Å². The van der Waals surface area contributed by atoms with Gasteiger partial charge >= 0.3 is 0 Å². The summed E-state index contributed by atoms with van der Waals surface area (Å²) in [6.45, 7) is 0.186. The van der Waals surface area contributed by atoms with E-state index in [1.54, 1.807) is 6.20 Å². The number of halogens is 1. The number of rotatable bonds is 4. The van der Waals surface area contributed by atoms with Crippen LogP contribution in [0, 0.1) is 0 Å². The molecule has 1 aromatic rings. The Morgan fingerprint density at radius 1 is 1.62 bits per heavy atom. The summed E-state index contributed by atoms with van der Waals surface area (Å²) in [5.41, 5.74) is 6.90. The number of aromatic nitrogens is 1. The molecule has 0 aliphatic heterocycles. The lowest BCUT2D eigenvalue weighted by atomic mass is 10.1. The van der Waals surface area contributed by atoms with Gasteiger partial charge in [-0.15, -0.1) is 0 Å². The van der Waals surface area contributed by atoms with E-state index in [-0.39, 0.29) is 12.6 Å². The lowest BCUT2D eigenvalue weighted by molar-refractivity contribution is 0.280. The van der Waals surface area contributed by atoms with Crippen molar-refractivity contribution in [1.82, 2.24) is 4.98 Å². The Hall–Kier alpha value is -0.450. The number of hydrogen-bond donors (Lipinski definition) is 2. The molecule has 1 rings (SSSR count). The smallest absolute Gasteiger partial charge is 0.110 e. The van der Waals surface area contributed by atoms with Gasteiger partial charge in [0, 0.05) is 24.4 Å². The molecule has 72 valence electrons. The van der Waals surface area contributed by atoms with Gasteiger partial charge in [-0.1, -0.05) is 6.07 Å². The van der Waals surface area contributed by atoms with Gasteiger partial charge in [-0.25, -0.2) is 4.98 Å². The summed E-state index contributed by atoms with van der Waals surface area (Å²) in [5.74, 6) is 0. The highest BCUT2D eigenvalue weighted by Gasteiger charge is 2.08. The van der Waals surface area contributed by atoms with Crippen LogP contribution in [0.25, 0.3) is 0 Å². The highest BCUT2D eigenvalue weighted by atomic mass is 79.9. The van der Waals surface area contributed by atoms with Gasteiger partial charge in [0.1, 0.15) is 4.60 Å². The number of nitrogens with zero attached hydrogens (tertiary/aromatic N) is 1. The van der Waals surface area contributed by atoms with Crippen molar-refractivity contribution in [2.45, 2.75) is 18.9 Å². The molecule has 0 aliphatic carbocycles. The van der Waals surface area contributed by atoms with E-state index in [9.17, 15) is 0 Å². The quantitative estimate of drug-likeness (QED) is 0.792. The van der Waals surface area contributed by atoms with Crippen molar-refractivity contribution < 1.29 is 5.11 Å². The summed E-state index contributed by atoms with van der Waals surface area (Å²) in [7, 11) is 0. The van der Waals surface area contributed by atoms with E-state index in [2.05, 4.69) is 20.9 Å². The molecule has 3 N–H and O–H groups in total. The molecule has 1 atom stereocenters. The Balaban J connectivity index is 2.65. The molecule has 3 nitrogen and oxygen atoms in total. The van der Waals surface area contributed by atoms with Gasteiger partial charge in [0.25, 0.3) is 0 Å². The van der Waals surface area contributed by atoms with Crippen molar-refractivity contribution >= 4 is 15.9 Å². The average Bonchev–Trinajstić information content (AvgIpc) is 2.15. The molecule has 0 amide bonds. The molecular weight excluding hydrogens is 232 g/mol. The van der Waals surface area contributed by atoms with Crippen LogP contribution < -0.4 is 5.73 Å². The molecule has 0 aliphatic rings. The molecule has 0 saturated heterocycles. The fourth-order valence-electron chi connectivity index (χ4n) is 1.14. The maximum absolute atomic E-state index is 8.65. The van der Waals surface area contributed by atoms with E-state index in [0.717, 1.165) is 23.0 Å². The monoisotopic (exact) mass is 244 g/mol. The normalized spacial score (nSPS) is 12.8. The van der Waals surface area contributed by atoms with Gasteiger partial charge in [-0.05, 0) is 34.8 Å². The first kappa shape index (κ1) is 10.6. The molecule has 4 heteroatoms. The standard InChI is InChI=1S/C9H13BrN2O/c10-9-7(3-1-5-12-9)8(11)4-2-6-13/h1,3,5,8,13H,2,4,6,11H2/t8-/m0/s1. The fraction of sp³-hybridized carbons (Fsp3) is 0.444. The van der Waals surface area contributed by atoms with Crippen LogP contribution in [0.2, 0.25) is 0 Å². The van der Waals surface area contributed by atoms with E-state index in [4.69, 9.17) is 10.8 Å². The van der Waals surface area contributed by atoms with Gasteiger partial charge in [-0.2, -0.15) is 0 Å². The zero-order valence-electron chi connectivity index (χ0n) is 7.28. The molecule has 0 radical (unpaired) electrons. The van der Waals surface area contributed by atoms with Crippen molar-refractivity contribution in [2.24, 2.45) is 5.73 Å². The summed E-state index contributed by atoms with van der Waals surface area (Å²) in [5, 5.41) is 8.65. The molecule has 0 unspecified atom stereocenters. The lowest BCUT2D eigenvalue weighted by Gasteiger charge is -2.11. The van der Waals surface area contributed by atoms with E-state index in [0.29, 0.717) is 0 Å². The number of nitrogens with two attached hydrogens (primary N) is 1. The summed E-state index contributed by atoms with van der Waals surface area (Å²) >= 11 is 3.34. The second-order valence-corrected chi connectivity index (χ2v) is 3.61. The molecular formula is C9H13BrN2O. The zero-order chi connectivity index (χ0) is 9.68. The van der Waals surface area contributed by atoms with Crippen LogP contribution in [0.1, 0.15) is 24.4 Å². The van der Waals surface area contributed by atoms with E-state index >= 15 is 0 Å². The highest BCUT2D eigenvalue weighted by molar-refractivity contribution is 9.10. The van der Waals surface area contributed by atoms with Crippen molar-refractivity contribution in [2.75, 3.05) is 6.61 Å². The summed E-state index contributed by atoms with van der Waals surface area (Å²) in [4.78, 5) is 4.08. The largest absolute Gasteiger partial charge is 0.396 e. The second-order valence-electron chi connectivity index (χ2n) is 2.86. The number of aliphatic hydroxyl groups excluding tert-OH is 1. The third-order valence-corrected chi connectivity index (χ3v) is 2.52. The predicted octanol–water partition coefficient (Wildman–Crippen LogP) is 1.62. The van der Waals surface area contributed by atoms with Crippen LogP contribution in [0.4, 0.5) is 0 Å². The Morgan fingerprint density at radius 2 is 2.38 bits per heavy atom. The summed E-state index contributed by atoms with van der Waals surface area (Å²) in [6, 6.07) is 3.76. The van der Waals surface area contributed by atoms with Crippen LogP contribution >= 0.6 is 15.9 Å². The van der Waals surface area contributed by atoms with E-state index in [1.165, 1.54) is 0 Å². The third kappa shape index (κ3) is 3.06. The molecule has 0 saturated carbocycles. The summed E-state index contributed by atoms with van der Waals surface area (Å²) in [6.07, 6.45) is 3.22.